The maximum Gasteiger partial charge on any atom is 0.334 e. The molecule has 16 heavy (non-hydrogen) atoms. The molecule has 0 saturated carbocycles. The lowest BCUT2D eigenvalue weighted by Gasteiger charge is -2.22. The Morgan fingerprint density at radius 2 is 1.81 bits per heavy atom. The summed E-state index contributed by atoms with van der Waals surface area (Å²) in [5, 5.41) is 8.45. The Morgan fingerprint density at radius 1 is 1.25 bits per heavy atom. The lowest BCUT2D eigenvalue weighted by molar-refractivity contribution is -0.137. The molecule has 0 aromatic rings. The Bertz CT molecular complexity index is 197. The first kappa shape index (κ1) is 16.0. The molecular weight excluding hydrogens is 244 g/mol. The van der Waals surface area contributed by atoms with E-state index in [1.165, 1.54) is 0 Å². The highest BCUT2D eigenvalue weighted by atomic mass is 32.2. The molecule has 0 aliphatic heterocycles. The van der Waals surface area contributed by atoms with E-state index in [9.17, 15) is 4.79 Å². The van der Waals surface area contributed by atoms with Crippen LogP contribution in [0.3, 0.4) is 0 Å². The van der Waals surface area contributed by atoms with Crippen LogP contribution in [0.4, 0.5) is 0 Å². The summed E-state index contributed by atoms with van der Waals surface area (Å²) in [5.74, 6) is 1.26. The lowest BCUT2D eigenvalue weighted by atomic mass is 10.3. The summed E-state index contributed by atoms with van der Waals surface area (Å²) in [6.45, 7) is 2.06. The SMILES string of the molecule is CO[Si](C)(CCCSCCCC(=O)O)OC. The van der Waals surface area contributed by atoms with Crippen LogP contribution >= 0.6 is 11.8 Å². The average molecular weight is 266 g/mol. The van der Waals surface area contributed by atoms with Crippen LogP contribution in [0.15, 0.2) is 0 Å². The van der Waals surface area contributed by atoms with Gasteiger partial charge in [0.25, 0.3) is 0 Å². The Balaban J connectivity index is 3.36. The number of carbonyl (C=O) groups is 1. The summed E-state index contributed by atoms with van der Waals surface area (Å²) >= 11 is 1.80. The van der Waals surface area contributed by atoms with Gasteiger partial charge in [0.1, 0.15) is 0 Å². The van der Waals surface area contributed by atoms with Crippen LogP contribution in [0.1, 0.15) is 19.3 Å². The number of hydrogen-bond donors (Lipinski definition) is 1. The van der Waals surface area contributed by atoms with Crippen LogP contribution in [0.2, 0.25) is 12.6 Å². The van der Waals surface area contributed by atoms with Crippen molar-refractivity contribution in [1.82, 2.24) is 0 Å². The summed E-state index contributed by atoms with van der Waals surface area (Å²) in [6, 6.07) is 0.992. The fourth-order valence-corrected chi connectivity index (χ4v) is 3.76. The molecule has 0 amide bonds. The van der Waals surface area contributed by atoms with Gasteiger partial charge < -0.3 is 14.0 Å². The summed E-state index contributed by atoms with van der Waals surface area (Å²) in [6.07, 6.45) is 2.10. The van der Waals surface area contributed by atoms with Gasteiger partial charge in [-0.05, 0) is 36.9 Å². The molecule has 6 heteroatoms. The van der Waals surface area contributed by atoms with Gasteiger partial charge in [-0.2, -0.15) is 11.8 Å². The fraction of sp³-hybridized carbons (Fsp3) is 0.900. The van der Waals surface area contributed by atoms with Crippen molar-refractivity contribution >= 4 is 26.3 Å². The molecule has 0 aromatic carbocycles. The molecule has 0 rings (SSSR count). The Labute approximate surface area is 103 Å². The number of thioether (sulfide) groups is 1. The molecule has 0 unspecified atom stereocenters. The minimum absolute atomic E-state index is 0.273. The first-order valence-corrected chi connectivity index (χ1v) is 9.12. The van der Waals surface area contributed by atoms with E-state index in [1.807, 2.05) is 0 Å². The van der Waals surface area contributed by atoms with Gasteiger partial charge in [-0.1, -0.05) is 0 Å². The van der Waals surface area contributed by atoms with Gasteiger partial charge in [0, 0.05) is 20.6 Å². The van der Waals surface area contributed by atoms with E-state index in [0.29, 0.717) is 0 Å². The molecule has 0 saturated heterocycles. The highest BCUT2D eigenvalue weighted by Gasteiger charge is 2.27. The predicted octanol–water partition coefficient (Wildman–Crippen LogP) is 2.34. The largest absolute Gasteiger partial charge is 0.481 e. The van der Waals surface area contributed by atoms with Gasteiger partial charge in [0.15, 0.2) is 0 Å². The number of aliphatic carboxylic acids is 1. The molecule has 0 aliphatic rings. The van der Waals surface area contributed by atoms with E-state index in [0.717, 1.165) is 30.4 Å². The first-order valence-electron chi connectivity index (χ1n) is 5.44. The van der Waals surface area contributed by atoms with Crippen LogP contribution in [0, 0.1) is 0 Å². The highest BCUT2D eigenvalue weighted by molar-refractivity contribution is 7.99. The second-order valence-electron chi connectivity index (χ2n) is 3.76. The molecular formula is C10H22O4SSi. The van der Waals surface area contributed by atoms with Gasteiger partial charge in [-0.15, -0.1) is 0 Å². The molecule has 0 spiro atoms. The van der Waals surface area contributed by atoms with Crippen LogP contribution in [-0.2, 0) is 13.6 Å². The zero-order chi connectivity index (χ0) is 12.4. The molecule has 0 radical (unpaired) electrons. The topological polar surface area (TPSA) is 55.8 Å². The Morgan fingerprint density at radius 3 is 2.31 bits per heavy atom. The molecule has 0 bridgehead atoms. The molecule has 0 aliphatic carbocycles. The summed E-state index contributed by atoms with van der Waals surface area (Å²) in [7, 11) is 1.52. The maximum absolute atomic E-state index is 10.3. The highest BCUT2D eigenvalue weighted by Crippen LogP contribution is 2.16. The number of carboxylic acid groups (broad SMARTS) is 1. The first-order chi connectivity index (χ1) is 7.54. The second kappa shape index (κ2) is 9.04. The third-order valence-electron chi connectivity index (χ3n) is 2.46. The normalized spacial score (nSPS) is 11.7. The molecule has 1 N–H and O–H groups in total. The molecule has 0 heterocycles. The Hall–Kier alpha value is -0.0431. The van der Waals surface area contributed by atoms with Crippen LogP contribution in [0.25, 0.3) is 0 Å². The van der Waals surface area contributed by atoms with Crippen molar-refractivity contribution in [3.05, 3.63) is 0 Å². The van der Waals surface area contributed by atoms with Gasteiger partial charge in [-0.25, -0.2) is 0 Å². The van der Waals surface area contributed by atoms with Gasteiger partial charge in [0.2, 0.25) is 0 Å². The molecule has 0 aromatic heterocycles. The fourth-order valence-electron chi connectivity index (χ4n) is 1.21. The van der Waals surface area contributed by atoms with Gasteiger partial charge >= 0.3 is 14.5 Å². The van der Waals surface area contributed by atoms with Crippen molar-refractivity contribution in [3.8, 4) is 0 Å². The molecule has 4 nitrogen and oxygen atoms in total. The standard InChI is InChI=1S/C10H22O4SSi/c1-13-16(3,14-2)9-5-8-15-7-4-6-10(11)12/h4-9H2,1-3H3,(H,11,12). The van der Waals surface area contributed by atoms with E-state index >= 15 is 0 Å². The second-order valence-corrected chi connectivity index (χ2v) is 8.56. The maximum atomic E-state index is 10.3. The number of carboxylic acids is 1. The van der Waals surface area contributed by atoms with Crippen molar-refractivity contribution in [1.29, 1.82) is 0 Å². The van der Waals surface area contributed by atoms with Crippen LogP contribution in [0.5, 0.6) is 0 Å². The van der Waals surface area contributed by atoms with E-state index in [-0.39, 0.29) is 6.42 Å². The predicted molar refractivity (Wildman–Crippen MR) is 69.3 cm³/mol. The molecule has 96 valence electrons. The van der Waals surface area contributed by atoms with E-state index in [1.54, 1.807) is 26.0 Å². The third kappa shape index (κ3) is 8.15. The monoisotopic (exact) mass is 266 g/mol. The minimum Gasteiger partial charge on any atom is -0.481 e. The van der Waals surface area contributed by atoms with Crippen molar-refractivity contribution in [3.63, 3.8) is 0 Å². The summed E-state index contributed by atoms with van der Waals surface area (Å²) in [4.78, 5) is 10.3. The Kier molecular flexibility index (Phi) is 9.01. The minimum atomic E-state index is -1.89. The van der Waals surface area contributed by atoms with Crippen LogP contribution < -0.4 is 0 Å². The summed E-state index contributed by atoms with van der Waals surface area (Å²) in [5.41, 5.74) is 0. The average Bonchev–Trinajstić information content (AvgIpc) is 2.27. The number of hydrogen-bond acceptors (Lipinski definition) is 4. The van der Waals surface area contributed by atoms with Crippen molar-refractivity contribution in [2.45, 2.75) is 31.9 Å². The van der Waals surface area contributed by atoms with Gasteiger partial charge in [0.05, 0.1) is 0 Å². The molecule has 0 fully saturated rings. The zero-order valence-corrected chi connectivity index (χ0v) is 12.1. The summed E-state index contributed by atoms with van der Waals surface area (Å²) < 4.78 is 10.8. The third-order valence-corrected chi connectivity index (χ3v) is 6.61. The van der Waals surface area contributed by atoms with Crippen molar-refractivity contribution < 1.29 is 18.8 Å². The van der Waals surface area contributed by atoms with Crippen molar-refractivity contribution in [2.24, 2.45) is 0 Å². The van der Waals surface area contributed by atoms with E-state index < -0.39 is 14.5 Å². The van der Waals surface area contributed by atoms with E-state index in [4.69, 9.17) is 14.0 Å². The van der Waals surface area contributed by atoms with Crippen molar-refractivity contribution in [2.75, 3.05) is 25.7 Å². The number of rotatable bonds is 10. The van der Waals surface area contributed by atoms with E-state index in [2.05, 4.69) is 6.55 Å². The van der Waals surface area contributed by atoms with Gasteiger partial charge in [-0.3, -0.25) is 4.79 Å². The molecule has 0 atom stereocenters. The quantitative estimate of drug-likeness (QED) is 0.486. The zero-order valence-electron chi connectivity index (χ0n) is 10.3. The van der Waals surface area contributed by atoms with Crippen LogP contribution in [-0.4, -0.2) is 45.4 Å². The lowest BCUT2D eigenvalue weighted by Crippen LogP contribution is -2.35. The smallest absolute Gasteiger partial charge is 0.334 e.